The molecule has 1 N–H and O–H groups in total. The van der Waals surface area contributed by atoms with Gasteiger partial charge in [0.25, 0.3) is 15.9 Å². The Morgan fingerprint density at radius 1 is 1.14 bits per heavy atom. The molecular formula is C18H19FN2O6S. The number of anilines is 1. The zero-order valence-electron chi connectivity index (χ0n) is 15.4. The van der Waals surface area contributed by atoms with Crippen LogP contribution in [0.3, 0.4) is 0 Å². The highest BCUT2D eigenvalue weighted by atomic mass is 32.2. The number of sulfonamides is 1. The number of nitrogens with one attached hydrogen (secondary N) is 1. The van der Waals surface area contributed by atoms with Crippen LogP contribution in [0.25, 0.3) is 0 Å². The molecule has 0 unspecified atom stereocenters. The highest BCUT2D eigenvalue weighted by molar-refractivity contribution is 7.89. The maximum Gasteiger partial charge on any atom is 0.338 e. The zero-order chi connectivity index (χ0) is 20.9. The van der Waals surface area contributed by atoms with Gasteiger partial charge in [-0.1, -0.05) is 10.5 Å². The lowest BCUT2D eigenvalue weighted by Gasteiger charge is -2.14. The van der Waals surface area contributed by atoms with E-state index in [4.69, 9.17) is 4.74 Å². The number of benzene rings is 2. The molecule has 2 aromatic carbocycles. The van der Waals surface area contributed by atoms with Gasteiger partial charge in [-0.3, -0.25) is 9.63 Å². The third-order valence-corrected chi connectivity index (χ3v) is 5.41. The molecule has 2 aromatic rings. The lowest BCUT2D eigenvalue weighted by atomic mass is 10.2. The fourth-order valence-electron chi connectivity index (χ4n) is 2.13. The van der Waals surface area contributed by atoms with Crippen molar-refractivity contribution in [1.82, 2.24) is 4.47 Å². The summed E-state index contributed by atoms with van der Waals surface area (Å²) in [6.07, 6.45) is 0. The molecule has 0 heterocycles. The van der Waals surface area contributed by atoms with Crippen LogP contribution in [0.15, 0.2) is 47.4 Å². The molecule has 2 rings (SSSR count). The average molecular weight is 410 g/mol. The van der Waals surface area contributed by atoms with Crippen LogP contribution in [0.5, 0.6) is 0 Å². The largest absolute Gasteiger partial charge is 0.452 e. The van der Waals surface area contributed by atoms with Crippen LogP contribution < -0.4 is 5.32 Å². The molecular weight excluding hydrogens is 391 g/mol. The summed E-state index contributed by atoms with van der Waals surface area (Å²) in [5.41, 5.74) is 0.723. The molecule has 0 aliphatic carbocycles. The molecule has 0 aliphatic rings. The van der Waals surface area contributed by atoms with Gasteiger partial charge in [0.05, 0.1) is 23.3 Å². The van der Waals surface area contributed by atoms with Crippen molar-refractivity contribution in [1.29, 1.82) is 0 Å². The Bertz CT molecular complexity index is 976. The van der Waals surface area contributed by atoms with Crippen LogP contribution in [-0.2, 0) is 24.4 Å². The highest BCUT2D eigenvalue weighted by Crippen LogP contribution is 2.17. The molecule has 10 heteroatoms. The Morgan fingerprint density at radius 3 is 2.36 bits per heavy atom. The molecule has 0 aromatic heterocycles. The normalized spacial score (nSPS) is 11.3. The first-order valence-corrected chi connectivity index (χ1v) is 9.45. The topological polar surface area (TPSA) is 102 Å². The van der Waals surface area contributed by atoms with E-state index in [1.54, 1.807) is 13.0 Å². The molecule has 0 saturated heterocycles. The van der Waals surface area contributed by atoms with E-state index in [-0.39, 0.29) is 16.1 Å². The SMILES string of the molecule is CON(C)S(=O)(=O)c1ccc(C(=O)OCC(=O)Nc2ccc(C)cc2F)cc1. The first kappa shape index (κ1) is 21.5. The van der Waals surface area contributed by atoms with Gasteiger partial charge in [0.15, 0.2) is 6.61 Å². The molecule has 0 fully saturated rings. The fourth-order valence-corrected chi connectivity index (χ4v) is 3.10. The Balaban J connectivity index is 1.96. The molecule has 0 aliphatic heterocycles. The van der Waals surface area contributed by atoms with Gasteiger partial charge in [-0.15, -0.1) is 0 Å². The lowest BCUT2D eigenvalue weighted by molar-refractivity contribution is -0.119. The minimum Gasteiger partial charge on any atom is -0.452 e. The van der Waals surface area contributed by atoms with Crippen molar-refractivity contribution < 1.29 is 32.0 Å². The van der Waals surface area contributed by atoms with Gasteiger partial charge >= 0.3 is 5.97 Å². The predicted molar refractivity (Wildman–Crippen MR) is 98.4 cm³/mol. The summed E-state index contributed by atoms with van der Waals surface area (Å²) in [6.45, 7) is 1.08. The maximum atomic E-state index is 13.7. The standard InChI is InChI=1S/C18H19FN2O6S/c1-12-4-9-16(15(19)10-12)20-17(22)11-27-18(23)13-5-7-14(8-6-13)28(24,25)21(2)26-3/h4-10H,11H2,1-3H3,(H,20,22). The molecule has 28 heavy (non-hydrogen) atoms. The smallest absolute Gasteiger partial charge is 0.338 e. The van der Waals surface area contributed by atoms with Crippen LogP contribution in [0.4, 0.5) is 10.1 Å². The van der Waals surface area contributed by atoms with Crippen LogP contribution in [0.1, 0.15) is 15.9 Å². The summed E-state index contributed by atoms with van der Waals surface area (Å²) in [4.78, 5) is 28.4. The molecule has 1 amide bonds. The summed E-state index contributed by atoms with van der Waals surface area (Å²) >= 11 is 0. The predicted octanol–water partition coefficient (Wildman–Crippen LogP) is 2.11. The molecule has 8 nitrogen and oxygen atoms in total. The monoisotopic (exact) mass is 410 g/mol. The molecule has 0 bridgehead atoms. The average Bonchev–Trinajstić information content (AvgIpc) is 2.67. The number of halogens is 1. The number of aryl methyl sites for hydroxylation is 1. The van der Waals surface area contributed by atoms with Gasteiger partial charge in [0.2, 0.25) is 0 Å². The van der Waals surface area contributed by atoms with Gasteiger partial charge in [0.1, 0.15) is 5.82 Å². The second kappa shape index (κ2) is 8.91. The summed E-state index contributed by atoms with van der Waals surface area (Å²) in [7, 11) is -1.41. The van der Waals surface area contributed by atoms with E-state index in [0.717, 1.165) is 0 Å². The summed E-state index contributed by atoms with van der Waals surface area (Å²) in [5, 5.41) is 2.30. The van der Waals surface area contributed by atoms with E-state index in [0.29, 0.717) is 10.0 Å². The summed E-state index contributed by atoms with van der Waals surface area (Å²) < 4.78 is 43.4. The quantitative estimate of drug-likeness (QED) is 0.554. The minimum atomic E-state index is -3.84. The number of rotatable bonds is 7. The van der Waals surface area contributed by atoms with Gasteiger partial charge in [-0.2, -0.15) is 0 Å². The van der Waals surface area contributed by atoms with E-state index in [9.17, 15) is 22.4 Å². The Labute approximate surface area is 161 Å². The van der Waals surface area contributed by atoms with Crippen molar-refractivity contribution in [2.75, 3.05) is 26.1 Å². The molecule has 150 valence electrons. The van der Waals surface area contributed by atoms with Crippen molar-refractivity contribution in [2.45, 2.75) is 11.8 Å². The number of esters is 1. The van der Waals surface area contributed by atoms with Crippen LogP contribution in [0.2, 0.25) is 0 Å². The first-order valence-electron chi connectivity index (χ1n) is 8.01. The maximum absolute atomic E-state index is 13.7. The van der Waals surface area contributed by atoms with E-state index < -0.39 is 34.3 Å². The number of hydrogen-bond acceptors (Lipinski definition) is 6. The third-order valence-electron chi connectivity index (χ3n) is 3.72. The number of ether oxygens (including phenoxy) is 1. The van der Waals surface area contributed by atoms with Crippen molar-refractivity contribution in [3.63, 3.8) is 0 Å². The third kappa shape index (κ3) is 5.12. The Morgan fingerprint density at radius 2 is 1.79 bits per heavy atom. The van der Waals surface area contributed by atoms with Gasteiger partial charge in [0, 0.05) is 7.05 Å². The van der Waals surface area contributed by atoms with Crippen molar-refractivity contribution in [2.24, 2.45) is 0 Å². The zero-order valence-corrected chi connectivity index (χ0v) is 16.2. The van der Waals surface area contributed by atoms with E-state index in [2.05, 4.69) is 10.2 Å². The number of carbonyl (C=O) groups is 2. The summed E-state index contributed by atoms with van der Waals surface area (Å²) in [6, 6.07) is 9.21. The van der Waals surface area contributed by atoms with Gasteiger partial charge in [-0.25, -0.2) is 17.6 Å². The number of nitrogens with zero attached hydrogens (tertiary/aromatic N) is 1. The first-order chi connectivity index (χ1) is 13.1. The van der Waals surface area contributed by atoms with Crippen molar-refractivity contribution in [3.05, 3.63) is 59.4 Å². The van der Waals surface area contributed by atoms with E-state index in [1.807, 2.05) is 0 Å². The van der Waals surface area contributed by atoms with Crippen molar-refractivity contribution >= 4 is 27.6 Å². The van der Waals surface area contributed by atoms with Gasteiger partial charge < -0.3 is 10.1 Å². The highest BCUT2D eigenvalue weighted by Gasteiger charge is 2.21. The second-order valence-electron chi connectivity index (χ2n) is 5.73. The number of amides is 1. The van der Waals surface area contributed by atoms with Crippen LogP contribution in [-0.4, -0.2) is 45.5 Å². The molecule has 0 saturated carbocycles. The summed E-state index contributed by atoms with van der Waals surface area (Å²) in [5.74, 6) is -2.14. The number of hydroxylamine groups is 1. The van der Waals surface area contributed by atoms with E-state index >= 15 is 0 Å². The molecule has 0 atom stereocenters. The Kier molecular flexibility index (Phi) is 6.84. The fraction of sp³-hybridized carbons (Fsp3) is 0.222. The molecule has 0 radical (unpaired) electrons. The lowest BCUT2D eigenvalue weighted by Crippen LogP contribution is -2.25. The van der Waals surface area contributed by atoms with Crippen LogP contribution in [0, 0.1) is 12.7 Å². The number of carbonyl (C=O) groups excluding carboxylic acids is 2. The molecule has 0 spiro atoms. The van der Waals surface area contributed by atoms with E-state index in [1.165, 1.54) is 50.6 Å². The minimum absolute atomic E-state index is 0.0246. The second-order valence-corrected chi connectivity index (χ2v) is 7.67. The van der Waals surface area contributed by atoms with Gasteiger partial charge in [-0.05, 0) is 48.9 Å². The Hall–Kier alpha value is -2.82. The van der Waals surface area contributed by atoms with Crippen molar-refractivity contribution in [3.8, 4) is 0 Å². The van der Waals surface area contributed by atoms with Crippen LogP contribution >= 0.6 is 0 Å². The number of hydrogen-bond donors (Lipinski definition) is 1.